The number of hydrogen-bond donors (Lipinski definition) is 2. The van der Waals surface area contributed by atoms with Gasteiger partial charge in [-0.25, -0.2) is 8.42 Å². The molecule has 0 radical (unpaired) electrons. The first-order valence-corrected chi connectivity index (χ1v) is 12.7. The van der Waals surface area contributed by atoms with Crippen LogP contribution in [0.25, 0.3) is 0 Å². The maximum Gasteiger partial charge on any atom is 0.261 e. The van der Waals surface area contributed by atoms with Gasteiger partial charge in [0.25, 0.3) is 15.9 Å². The Morgan fingerprint density at radius 2 is 1.62 bits per heavy atom. The van der Waals surface area contributed by atoms with E-state index in [1.165, 1.54) is 30.3 Å². The maximum absolute atomic E-state index is 12.9. The topological polar surface area (TPSA) is 93.7 Å². The zero-order valence-corrected chi connectivity index (χ0v) is 20.7. The smallest absolute Gasteiger partial charge is 0.261 e. The van der Waals surface area contributed by atoms with Crippen LogP contribution in [0.4, 0.5) is 5.69 Å². The van der Waals surface area contributed by atoms with Crippen LogP contribution in [-0.4, -0.2) is 27.5 Å². The molecule has 0 aliphatic carbocycles. The number of anilines is 1. The van der Waals surface area contributed by atoms with Crippen LogP contribution < -0.4 is 19.5 Å². The molecule has 2 N–H and O–H groups in total. The second-order valence-electron chi connectivity index (χ2n) is 7.38. The van der Waals surface area contributed by atoms with Gasteiger partial charge in [-0.05, 0) is 68.8 Å². The summed E-state index contributed by atoms with van der Waals surface area (Å²) in [6.45, 7) is 6.63. The molecule has 0 aliphatic heterocycles. The number of nitrogens with one attached hydrogen (secondary N) is 2. The van der Waals surface area contributed by atoms with Crippen LogP contribution in [0.2, 0.25) is 5.02 Å². The molecular formula is C25H27ClN2O5S. The molecule has 3 aromatic rings. The molecule has 1 amide bonds. The molecule has 0 aliphatic rings. The van der Waals surface area contributed by atoms with Crippen LogP contribution in [0.15, 0.2) is 71.6 Å². The fraction of sp³-hybridized carbons (Fsp3) is 0.240. The minimum absolute atomic E-state index is 0.125. The van der Waals surface area contributed by atoms with Gasteiger partial charge in [-0.15, -0.1) is 0 Å². The first-order valence-electron chi connectivity index (χ1n) is 10.8. The van der Waals surface area contributed by atoms with Crippen LogP contribution >= 0.6 is 11.6 Å². The van der Waals surface area contributed by atoms with E-state index in [0.717, 1.165) is 5.56 Å². The first-order chi connectivity index (χ1) is 16.2. The van der Waals surface area contributed by atoms with Crippen molar-refractivity contribution in [2.45, 2.75) is 31.7 Å². The third-order valence-corrected chi connectivity index (χ3v) is 6.64. The Hall–Kier alpha value is -3.23. The van der Waals surface area contributed by atoms with Gasteiger partial charge in [0.05, 0.1) is 40.4 Å². The minimum atomic E-state index is -3.77. The van der Waals surface area contributed by atoms with E-state index >= 15 is 0 Å². The molecule has 34 heavy (non-hydrogen) atoms. The summed E-state index contributed by atoms with van der Waals surface area (Å²) in [6, 6.07) is 17.5. The molecule has 0 unspecified atom stereocenters. The van der Waals surface area contributed by atoms with Crippen LogP contribution in [-0.2, 0) is 10.0 Å². The standard InChI is InChI=1S/C25H27ClN2O5S/c1-4-32-23-14-11-18(15-24(23)33-5-2)17(3)27-25(29)21-13-12-19(16-22(21)26)28-34(30,31)20-9-7-6-8-10-20/h6-17,28H,4-5H2,1-3H3,(H,27,29)/t17-/m1/s1. The van der Waals surface area contributed by atoms with Crippen molar-refractivity contribution in [2.24, 2.45) is 0 Å². The lowest BCUT2D eigenvalue weighted by Crippen LogP contribution is -2.27. The van der Waals surface area contributed by atoms with Crippen molar-refractivity contribution in [1.29, 1.82) is 0 Å². The first kappa shape index (κ1) is 25.4. The largest absolute Gasteiger partial charge is 0.490 e. The Bertz CT molecular complexity index is 1250. The lowest BCUT2D eigenvalue weighted by Gasteiger charge is -2.18. The van der Waals surface area contributed by atoms with Crippen molar-refractivity contribution in [2.75, 3.05) is 17.9 Å². The van der Waals surface area contributed by atoms with Gasteiger partial charge in [0, 0.05) is 0 Å². The number of rotatable bonds is 10. The Kier molecular flexibility index (Phi) is 8.41. The molecule has 0 spiro atoms. The number of benzene rings is 3. The third-order valence-electron chi connectivity index (χ3n) is 4.93. The SMILES string of the molecule is CCOc1ccc([C@@H](C)NC(=O)c2ccc(NS(=O)(=O)c3ccccc3)cc2Cl)cc1OCC. The number of ether oxygens (including phenoxy) is 2. The van der Waals surface area contributed by atoms with Crippen molar-refractivity contribution < 1.29 is 22.7 Å². The van der Waals surface area contributed by atoms with Crippen molar-refractivity contribution in [3.05, 3.63) is 82.9 Å². The molecule has 7 nitrogen and oxygen atoms in total. The van der Waals surface area contributed by atoms with Gasteiger partial charge >= 0.3 is 0 Å². The lowest BCUT2D eigenvalue weighted by atomic mass is 10.1. The molecule has 3 aromatic carbocycles. The van der Waals surface area contributed by atoms with E-state index in [9.17, 15) is 13.2 Å². The Morgan fingerprint density at radius 3 is 2.26 bits per heavy atom. The van der Waals surface area contributed by atoms with Crippen LogP contribution in [0.5, 0.6) is 11.5 Å². The van der Waals surface area contributed by atoms with Crippen molar-refractivity contribution in [3.8, 4) is 11.5 Å². The van der Waals surface area contributed by atoms with E-state index in [4.69, 9.17) is 21.1 Å². The average Bonchev–Trinajstić information content (AvgIpc) is 2.80. The minimum Gasteiger partial charge on any atom is -0.490 e. The maximum atomic E-state index is 12.9. The summed E-state index contributed by atoms with van der Waals surface area (Å²) in [5.41, 5.74) is 1.32. The summed E-state index contributed by atoms with van der Waals surface area (Å²) in [5.74, 6) is 0.862. The highest BCUT2D eigenvalue weighted by atomic mass is 35.5. The molecule has 0 aromatic heterocycles. The summed E-state index contributed by atoms with van der Waals surface area (Å²) in [6.07, 6.45) is 0. The molecular weight excluding hydrogens is 476 g/mol. The fourth-order valence-corrected chi connectivity index (χ4v) is 4.61. The van der Waals surface area contributed by atoms with E-state index in [1.807, 2.05) is 39.0 Å². The number of carbonyl (C=O) groups excluding carboxylic acids is 1. The highest BCUT2D eigenvalue weighted by Gasteiger charge is 2.18. The molecule has 0 heterocycles. The van der Waals surface area contributed by atoms with Gasteiger partial charge in [-0.2, -0.15) is 0 Å². The van der Waals surface area contributed by atoms with Gasteiger partial charge in [-0.3, -0.25) is 9.52 Å². The normalized spacial score (nSPS) is 12.0. The lowest BCUT2D eigenvalue weighted by molar-refractivity contribution is 0.0940. The Balaban J connectivity index is 1.73. The van der Waals surface area contributed by atoms with E-state index in [1.54, 1.807) is 18.2 Å². The van der Waals surface area contributed by atoms with Gasteiger partial charge in [-0.1, -0.05) is 35.9 Å². The third kappa shape index (κ3) is 6.21. The second-order valence-corrected chi connectivity index (χ2v) is 9.47. The predicted octanol–water partition coefficient (Wildman–Crippen LogP) is 5.43. The zero-order chi connectivity index (χ0) is 24.7. The molecule has 9 heteroatoms. The van der Waals surface area contributed by atoms with Crippen molar-refractivity contribution in [1.82, 2.24) is 5.32 Å². The molecule has 0 saturated heterocycles. The predicted molar refractivity (Wildman–Crippen MR) is 133 cm³/mol. The highest BCUT2D eigenvalue weighted by Crippen LogP contribution is 2.31. The van der Waals surface area contributed by atoms with Crippen molar-refractivity contribution >= 4 is 33.2 Å². The number of halogens is 1. The Labute approximate surface area is 205 Å². The highest BCUT2D eigenvalue weighted by molar-refractivity contribution is 7.92. The average molecular weight is 503 g/mol. The summed E-state index contributed by atoms with van der Waals surface area (Å²) in [7, 11) is -3.77. The monoisotopic (exact) mass is 502 g/mol. The van der Waals surface area contributed by atoms with Crippen LogP contribution in [0.1, 0.15) is 42.7 Å². The van der Waals surface area contributed by atoms with Crippen LogP contribution in [0.3, 0.4) is 0 Å². The van der Waals surface area contributed by atoms with Crippen molar-refractivity contribution in [3.63, 3.8) is 0 Å². The van der Waals surface area contributed by atoms with Gasteiger partial charge < -0.3 is 14.8 Å². The summed E-state index contributed by atoms with van der Waals surface area (Å²) >= 11 is 6.32. The number of amides is 1. The molecule has 3 rings (SSSR count). The Morgan fingerprint density at radius 1 is 0.941 bits per heavy atom. The van der Waals surface area contributed by atoms with E-state index in [2.05, 4.69) is 10.0 Å². The molecule has 1 atom stereocenters. The number of carbonyl (C=O) groups is 1. The molecule has 0 saturated carbocycles. The summed E-state index contributed by atoms with van der Waals surface area (Å²) in [5, 5.41) is 3.03. The zero-order valence-electron chi connectivity index (χ0n) is 19.2. The quantitative estimate of drug-likeness (QED) is 0.385. The molecule has 0 fully saturated rings. The fourth-order valence-electron chi connectivity index (χ4n) is 3.27. The van der Waals surface area contributed by atoms with E-state index < -0.39 is 10.0 Å². The summed E-state index contributed by atoms with van der Waals surface area (Å²) in [4.78, 5) is 13.0. The van der Waals surface area contributed by atoms with Crippen LogP contribution in [0, 0.1) is 0 Å². The number of sulfonamides is 1. The molecule has 180 valence electrons. The molecule has 0 bridgehead atoms. The number of hydrogen-bond acceptors (Lipinski definition) is 5. The summed E-state index contributed by atoms with van der Waals surface area (Å²) < 4.78 is 38.8. The van der Waals surface area contributed by atoms with E-state index in [-0.39, 0.29) is 33.1 Å². The van der Waals surface area contributed by atoms with Gasteiger partial charge in [0.2, 0.25) is 0 Å². The van der Waals surface area contributed by atoms with E-state index in [0.29, 0.717) is 24.7 Å². The van der Waals surface area contributed by atoms with Gasteiger partial charge in [0.1, 0.15) is 0 Å². The second kappa shape index (κ2) is 11.3. The van der Waals surface area contributed by atoms with Gasteiger partial charge in [0.15, 0.2) is 11.5 Å².